The molecule has 0 aliphatic carbocycles. The third-order valence-electron chi connectivity index (χ3n) is 5.67. The van der Waals surface area contributed by atoms with Crippen molar-refractivity contribution in [2.45, 2.75) is 50.1 Å². The van der Waals surface area contributed by atoms with Crippen LogP contribution in [0.5, 0.6) is 0 Å². The van der Waals surface area contributed by atoms with Crippen LogP contribution in [-0.2, 0) is 20.9 Å². The molecule has 0 radical (unpaired) electrons. The number of alkyl halides is 6. The minimum atomic E-state index is -5.08. The molecular weight excluding hydrogens is 520 g/mol. The van der Waals surface area contributed by atoms with Crippen LogP contribution in [0, 0.1) is 0 Å². The van der Waals surface area contributed by atoms with Gasteiger partial charge in [0.2, 0.25) is 5.91 Å². The van der Waals surface area contributed by atoms with Gasteiger partial charge in [-0.05, 0) is 61.2 Å². The molecule has 1 amide bonds. The average Bonchev–Trinajstić information content (AvgIpc) is 3.38. The van der Waals surface area contributed by atoms with Crippen LogP contribution in [0.25, 0.3) is 0 Å². The van der Waals surface area contributed by atoms with E-state index < -0.39 is 24.3 Å². The van der Waals surface area contributed by atoms with Crippen LogP contribution in [-0.4, -0.2) is 101 Å². The summed E-state index contributed by atoms with van der Waals surface area (Å²) in [6.07, 6.45) is -5.20. The molecule has 1 aromatic rings. The number of thiophene rings is 1. The van der Waals surface area contributed by atoms with Crippen molar-refractivity contribution in [3.8, 4) is 0 Å². The summed E-state index contributed by atoms with van der Waals surface area (Å²) in [5.74, 6) is -5.28. The van der Waals surface area contributed by atoms with Gasteiger partial charge in [-0.1, -0.05) is 0 Å². The Balaban J connectivity index is 0.000000383. The van der Waals surface area contributed by atoms with Crippen LogP contribution in [0.15, 0.2) is 16.8 Å². The molecule has 2 N–H and O–H groups in total. The number of carbonyl (C=O) groups excluding carboxylic acids is 1. The maximum absolute atomic E-state index is 12.1. The fraction of sp³-hybridized carbons (Fsp3) is 0.667. The normalized spacial score (nSPS) is 20.7. The van der Waals surface area contributed by atoms with Gasteiger partial charge in [0.05, 0.1) is 6.54 Å². The summed E-state index contributed by atoms with van der Waals surface area (Å²) >= 11 is 1.78. The quantitative estimate of drug-likeness (QED) is 0.555. The van der Waals surface area contributed by atoms with Crippen LogP contribution in [0.2, 0.25) is 0 Å². The molecule has 1 atom stereocenters. The molecule has 8 nitrogen and oxygen atoms in total. The van der Waals surface area contributed by atoms with E-state index in [9.17, 15) is 31.1 Å². The Morgan fingerprint density at radius 1 is 1.00 bits per heavy atom. The van der Waals surface area contributed by atoms with E-state index in [0.717, 1.165) is 19.6 Å². The molecule has 36 heavy (non-hydrogen) atoms. The third kappa shape index (κ3) is 10.3. The lowest BCUT2D eigenvalue weighted by molar-refractivity contribution is -0.193. The standard InChI is InChI=1S/C17H27N3OS.2C2HF3O2/c1-18(2)16(21)12-20-9-4-7-17(20)6-3-8-19(14-17)11-15-5-10-22-13-15;2*3-2(4,5)1(6)7/h5,10,13H,3-4,6-9,11-12,14H2,1-2H3;2*(H,6,7). The Morgan fingerprint density at radius 2 is 1.50 bits per heavy atom. The van der Waals surface area contributed by atoms with E-state index in [0.29, 0.717) is 6.54 Å². The molecule has 0 bridgehead atoms. The lowest BCUT2D eigenvalue weighted by Crippen LogP contribution is -2.57. The average molecular weight is 550 g/mol. The van der Waals surface area contributed by atoms with Crippen molar-refractivity contribution in [1.29, 1.82) is 0 Å². The SMILES string of the molecule is CN(C)C(=O)CN1CCCC12CCCN(Cc1ccsc1)C2.O=C(O)C(F)(F)F.O=C(O)C(F)(F)F. The molecule has 2 saturated heterocycles. The van der Waals surface area contributed by atoms with Crippen LogP contribution in [0.1, 0.15) is 31.2 Å². The van der Waals surface area contributed by atoms with Crippen molar-refractivity contribution >= 4 is 29.2 Å². The first kappa shape index (κ1) is 31.6. The van der Waals surface area contributed by atoms with Crippen LogP contribution >= 0.6 is 11.3 Å². The molecule has 3 rings (SSSR count). The number of nitrogens with zero attached hydrogens (tertiary/aromatic N) is 3. The Kier molecular flexibility index (Phi) is 11.6. The fourth-order valence-electron chi connectivity index (χ4n) is 3.99. The largest absolute Gasteiger partial charge is 0.490 e. The summed E-state index contributed by atoms with van der Waals surface area (Å²) in [5.41, 5.74) is 1.66. The van der Waals surface area contributed by atoms with Crippen molar-refractivity contribution < 1.29 is 50.9 Å². The Hall–Kier alpha value is -2.39. The zero-order valence-corrected chi connectivity index (χ0v) is 20.5. The first-order valence-electron chi connectivity index (χ1n) is 10.8. The zero-order chi connectivity index (χ0) is 27.7. The van der Waals surface area contributed by atoms with Crippen molar-refractivity contribution in [3.05, 3.63) is 22.4 Å². The molecular formula is C21H29F6N3O5S. The van der Waals surface area contributed by atoms with Crippen molar-refractivity contribution in [2.75, 3.05) is 40.3 Å². The number of carbonyl (C=O) groups is 3. The summed E-state index contributed by atoms with van der Waals surface area (Å²) in [6, 6.07) is 2.23. The molecule has 3 heterocycles. The van der Waals surface area contributed by atoms with Gasteiger partial charge in [-0.15, -0.1) is 0 Å². The molecule has 2 fully saturated rings. The maximum Gasteiger partial charge on any atom is 0.490 e. The highest BCUT2D eigenvalue weighted by molar-refractivity contribution is 7.07. The Morgan fingerprint density at radius 3 is 1.92 bits per heavy atom. The summed E-state index contributed by atoms with van der Waals surface area (Å²) in [5, 5.41) is 18.7. The van der Waals surface area contributed by atoms with Gasteiger partial charge < -0.3 is 15.1 Å². The number of likely N-dealkylation sites (tertiary alicyclic amines) is 2. The van der Waals surface area contributed by atoms with E-state index >= 15 is 0 Å². The molecule has 2 aliphatic rings. The van der Waals surface area contributed by atoms with Gasteiger partial charge in [0.15, 0.2) is 0 Å². The van der Waals surface area contributed by atoms with Crippen LogP contribution in [0.3, 0.4) is 0 Å². The zero-order valence-electron chi connectivity index (χ0n) is 19.7. The van der Waals surface area contributed by atoms with Gasteiger partial charge in [-0.25, -0.2) is 9.59 Å². The summed E-state index contributed by atoms with van der Waals surface area (Å²) in [6.45, 7) is 5.02. The van der Waals surface area contributed by atoms with Gasteiger partial charge in [-0.3, -0.25) is 14.6 Å². The first-order valence-corrected chi connectivity index (χ1v) is 11.7. The summed E-state index contributed by atoms with van der Waals surface area (Å²) in [7, 11) is 3.71. The highest BCUT2D eigenvalue weighted by Crippen LogP contribution is 2.37. The second-order valence-electron chi connectivity index (χ2n) is 8.59. The third-order valence-corrected chi connectivity index (χ3v) is 6.40. The van der Waals surface area contributed by atoms with E-state index in [1.165, 1.54) is 37.8 Å². The minimum absolute atomic E-state index is 0.233. The lowest BCUT2D eigenvalue weighted by atomic mass is 9.86. The van der Waals surface area contributed by atoms with Crippen molar-refractivity contribution in [2.24, 2.45) is 0 Å². The van der Waals surface area contributed by atoms with Crippen LogP contribution < -0.4 is 0 Å². The first-order chi connectivity index (χ1) is 16.5. The molecule has 1 aromatic heterocycles. The van der Waals surface area contributed by atoms with Gasteiger partial charge >= 0.3 is 24.3 Å². The van der Waals surface area contributed by atoms with E-state index in [1.807, 2.05) is 14.1 Å². The van der Waals surface area contributed by atoms with Gasteiger partial charge in [0.1, 0.15) is 0 Å². The molecule has 1 spiro atoms. The lowest BCUT2D eigenvalue weighted by Gasteiger charge is -2.46. The number of likely N-dealkylation sites (N-methyl/N-ethyl adjacent to an activating group) is 1. The van der Waals surface area contributed by atoms with Crippen molar-refractivity contribution in [3.63, 3.8) is 0 Å². The van der Waals surface area contributed by atoms with Gasteiger partial charge in [0.25, 0.3) is 0 Å². The molecule has 1 unspecified atom stereocenters. The number of amides is 1. The second kappa shape index (κ2) is 13.2. The fourth-order valence-corrected chi connectivity index (χ4v) is 4.65. The number of aliphatic carboxylic acids is 2. The Labute approximate surface area is 208 Å². The molecule has 206 valence electrons. The van der Waals surface area contributed by atoms with Crippen LogP contribution in [0.4, 0.5) is 26.3 Å². The topological polar surface area (TPSA) is 101 Å². The molecule has 15 heteroatoms. The molecule has 2 aliphatic heterocycles. The number of carboxylic acids is 2. The number of hydrogen-bond donors (Lipinski definition) is 2. The second-order valence-corrected chi connectivity index (χ2v) is 9.37. The highest BCUT2D eigenvalue weighted by atomic mass is 32.1. The predicted octanol–water partition coefficient (Wildman–Crippen LogP) is 3.53. The number of halogens is 6. The Bertz CT molecular complexity index is 839. The van der Waals surface area contributed by atoms with Gasteiger partial charge in [0, 0.05) is 32.7 Å². The van der Waals surface area contributed by atoms with E-state index in [1.54, 1.807) is 16.2 Å². The van der Waals surface area contributed by atoms with E-state index in [2.05, 4.69) is 26.6 Å². The van der Waals surface area contributed by atoms with E-state index in [-0.39, 0.29) is 11.4 Å². The van der Waals surface area contributed by atoms with Gasteiger partial charge in [-0.2, -0.15) is 37.7 Å². The summed E-state index contributed by atoms with van der Waals surface area (Å²) < 4.78 is 63.5. The van der Waals surface area contributed by atoms with Crippen molar-refractivity contribution in [1.82, 2.24) is 14.7 Å². The maximum atomic E-state index is 12.1. The minimum Gasteiger partial charge on any atom is -0.475 e. The monoisotopic (exact) mass is 549 g/mol. The number of piperidine rings is 1. The smallest absolute Gasteiger partial charge is 0.475 e. The number of hydrogen-bond acceptors (Lipinski definition) is 6. The molecule has 0 aromatic carbocycles. The summed E-state index contributed by atoms with van der Waals surface area (Å²) in [4.78, 5) is 36.7. The highest BCUT2D eigenvalue weighted by Gasteiger charge is 2.44. The number of carboxylic acid groups (broad SMARTS) is 2. The predicted molar refractivity (Wildman–Crippen MR) is 118 cm³/mol. The van der Waals surface area contributed by atoms with E-state index in [4.69, 9.17) is 19.8 Å². The number of rotatable bonds is 4. The molecule has 0 saturated carbocycles.